The second-order valence-electron chi connectivity index (χ2n) is 5.53. The van der Waals surface area contributed by atoms with Crippen molar-refractivity contribution in [1.29, 1.82) is 0 Å². The van der Waals surface area contributed by atoms with Crippen LogP contribution in [-0.4, -0.2) is 12.1 Å². The Bertz CT molecular complexity index is 345. The van der Waals surface area contributed by atoms with E-state index in [0.717, 1.165) is 19.4 Å². The molecule has 0 aliphatic rings. The Labute approximate surface area is 106 Å². The molecule has 94 valence electrons. The number of nitrogens with one attached hydrogen (secondary N) is 1. The Morgan fingerprint density at radius 2 is 1.82 bits per heavy atom. The van der Waals surface area contributed by atoms with E-state index in [1.54, 1.807) is 0 Å². The number of rotatable bonds is 6. The van der Waals surface area contributed by atoms with Gasteiger partial charge in [-0.1, -0.05) is 42.0 Å². The minimum atomic E-state index is 0.196. The van der Waals surface area contributed by atoms with Crippen LogP contribution in [0.2, 0.25) is 0 Å². The second kappa shape index (κ2) is 6.61. The summed E-state index contributed by atoms with van der Waals surface area (Å²) < 4.78 is 0. The van der Waals surface area contributed by atoms with Gasteiger partial charge in [0, 0.05) is 12.1 Å². The first-order chi connectivity index (χ1) is 7.99. The van der Waals surface area contributed by atoms with E-state index < -0.39 is 0 Å². The lowest BCUT2D eigenvalue weighted by atomic mass is 9.95. The third kappa shape index (κ3) is 6.28. The molecule has 1 aromatic carbocycles. The van der Waals surface area contributed by atoms with Gasteiger partial charge in [-0.25, -0.2) is 0 Å². The van der Waals surface area contributed by atoms with Gasteiger partial charge >= 0.3 is 0 Å². The van der Waals surface area contributed by atoms with Gasteiger partial charge in [0.2, 0.25) is 0 Å². The Morgan fingerprint density at radius 3 is 2.41 bits per heavy atom. The first-order valence-corrected chi connectivity index (χ1v) is 6.42. The van der Waals surface area contributed by atoms with Crippen molar-refractivity contribution >= 4 is 0 Å². The Balaban J connectivity index is 2.36. The molecule has 0 bridgehead atoms. The molecule has 0 radical (unpaired) electrons. The first-order valence-electron chi connectivity index (χ1n) is 6.42. The average Bonchev–Trinajstić information content (AvgIpc) is 2.27. The van der Waals surface area contributed by atoms with Crippen molar-refractivity contribution in [3.63, 3.8) is 0 Å². The summed E-state index contributed by atoms with van der Waals surface area (Å²) in [5, 5.41) is 3.58. The SMILES string of the molecule is CC(C)=CCNC(C)(C)CCc1ccccc1. The van der Waals surface area contributed by atoms with E-state index in [2.05, 4.69) is 69.4 Å². The molecule has 1 nitrogen and oxygen atoms in total. The molecule has 0 saturated carbocycles. The fraction of sp³-hybridized carbons (Fsp3) is 0.500. The van der Waals surface area contributed by atoms with E-state index in [1.165, 1.54) is 11.1 Å². The van der Waals surface area contributed by atoms with Gasteiger partial charge in [-0.05, 0) is 46.1 Å². The highest BCUT2D eigenvalue weighted by Crippen LogP contribution is 2.13. The summed E-state index contributed by atoms with van der Waals surface area (Å²) in [5.41, 5.74) is 2.99. The number of hydrogen-bond donors (Lipinski definition) is 1. The van der Waals surface area contributed by atoms with Gasteiger partial charge in [0.15, 0.2) is 0 Å². The van der Waals surface area contributed by atoms with Gasteiger partial charge in [-0.3, -0.25) is 0 Å². The molecule has 0 heterocycles. The molecule has 1 heteroatoms. The first kappa shape index (κ1) is 14.0. The lowest BCUT2D eigenvalue weighted by molar-refractivity contribution is 0.379. The Kier molecular flexibility index (Phi) is 5.43. The zero-order valence-corrected chi connectivity index (χ0v) is 11.6. The van der Waals surface area contributed by atoms with Crippen molar-refractivity contribution in [3.8, 4) is 0 Å². The Hall–Kier alpha value is -1.08. The third-order valence-corrected chi connectivity index (χ3v) is 2.97. The van der Waals surface area contributed by atoms with E-state index in [0.29, 0.717) is 0 Å². The van der Waals surface area contributed by atoms with Crippen LogP contribution < -0.4 is 5.32 Å². The number of hydrogen-bond acceptors (Lipinski definition) is 1. The van der Waals surface area contributed by atoms with E-state index in [1.807, 2.05) is 0 Å². The van der Waals surface area contributed by atoms with Crippen LogP contribution in [0, 0.1) is 0 Å². The molecule has 0 atom stereocenters. The highest BCUT2D eigenvalue weighted by atomic mass is 14.9. The van der Waals surface area contributed by atoms with Gasteiger partial charge in [-0.2, -0.15) is 0 Å². The topological polar surface area (TPSA) is 12.0 Å². The van der Waals surface area contributed by atoms with Crippen LogP contribution in [0.3, 0.4) is 0 Å². The predicted molar refractivity (Wildman–Crippen MR) is 76.3 cm³/mol. The van der Waals surface area contributed by atoms with Crippen molar-refractivity contribution in [3.05, 3.63) is 47.5 Å². The summed E-state index contributed by atoms with van der Waals surface area (Å²) in [6.45, 7) is 9.78. The van der Waals surface area contributed by atoms with Crippen molar-refractivity contribution in [1.82, 2.24) is 5.32 Å². The second-order valence-corrected chi connectivity index (χ2v) is 5.53. The highest BCUT2D eigenvalue weighted by molar-refractivity contribution is 5.15. The molecule has 1 aromatic rings. The van der Waals surface area contributed by atoms with Crippen molar-refractivity contribution < 1.29 is 0 Å². The number of aryl methyl sites for hydroxylation is 1. The van der Waals surface area contributed by atoms with Gasteiger partial charge in [0.1, 0.15) is 0 Å². The van der Waals surface area contributed by atoms with Crippen LogP contribution in [0.1, 0.15) is 39.7 Å². The maximum absolute atomic E-state index is 3.58. The van der Waals surface area contributed by atoms with Crippen molar-refractivity contribution in [2.75, 3.05) is 6.54 Å². The third-order valence-electron chi connectivity index (χ3n) is 2.97. The quantitative estimate of drug-likeness (QED) is 0.731. The predicted octanol–water partition coefficient (Wildman–Crippen LogP) is 3.95. The summed E-state index contributed by atoms with van der Waals surface area (Å²) >= 11 is 0. The lowest BCUT2D eigenvalue weighted by Gasteiger charge is -2.26. The molecule has 0 fully saturated rings. The molecule has 0 aromatic heterocycles. The number of benzene rings is 1. The van der Waals surface area contributed by atoms with Crippen molar-refractivity contribution in [2.45, 2.75) is 46.1 Å². The molecule has 0 amide bonds. The fourth-order valence-electron chi connectivity index (χ4n) is 1.72. The molecule has 17 heavy (non-hydrogen) atoms. The van der Waals surface area contributed by atoms with Gasteiger partial charge < -0.3 is 5.32 Å². The summed E-state index contributed by atoms with van der Waals surface area (Å²) in [4.78, 5) is 0. The summed E-state index contributed by atoms with van der Waals surface area (Å²) in [6, 6.07) is 10.7. The van der Waals surface area contributed by atoms with Gasteiger partial charge in [-0.15, -0.1) is 0 Å². The molecular formula is C16H25N. The lowest BCUT2D eigenvalue weighted by Crippen LogP contribution is -2.39. The van der Waals surface area contributed by atoms with Gasteiger partial charge in [0.05, 0.1) is 0 Å². The minimum absolute atomic E-state index is 0.196. The van der Waals surface area contributed by atoms with Crippen LogP contribution in [0.5, 0.6) is 0 Å². The standard InChI is InChI=1S/C16H25N/c1-14(2)11-13-17-16(3,4)12-10-15-8-6-5-7-9-15/h5-9,11,17H,10,12-13H2,1-4H3. The molecule has 0 aliphatic carbocycles. The van der Waals surface area contributed by atoms with Crippen LogP contribution in [0.25, 0.3) is 0 Å². The highest BCUT2D eigenvalue weighted by Gasteiger charge is 2.15. The fourth-order valence-corrected chi connectivity index (χ4v) is 1.72. The molecule has 1 N–H and O–H groups in total. The normalized spacial score (nSPS) is 11.3. The van der Waals surface area contributed by atoms with E-state index in [-0.39, 0.29) is 5.54 Å². The van der Waals surface area contributed by atoms with Crippen LogP contribution >= 0.6 is 0 Å². The monoisotopic (exact) mass is 231 g/mol. The van der Waals surface area contributed by atoms with E-state index >= 15 is 0 Å². The molecular weight excluding hydrogens is 206 g/mol. The maximum Gasteiger partial charge on any atom is 0.0142 e. The summed E-state index contributed by atoms with van der Waals surface area (Å²) in [5.74, 6) is 0. The molecule has 1 rings (SSSR count). The van der Waals surface area contributed by atoms with Crippen molar-refractivity contribution in [2.24, 2.45) is 0 Å². The van der Waals surface area contributed by atoms with Gasteiger partial charge in [0.25, 0.3) is 0 Å². The molecule has 0 aliphatic heterocycles. The summed E-state index contributed by atoms with van der Waals surface area (Å²) in [6.07, 6.45) is 4.54. The largest absolute Gasteiger partial charge is 0.308 e. The average molecular weight is 231 g/mol. The van der Waals surface area contributed by atoms with E-state index in [4.69, 9.17) is 0 Å². The molecule has 0 saturated heterocycles. The van der Waals surface area contributed by atoms with E-state index in [9.17, 15) is 0 Å². The summed E-state index contributed by atoms with van der Waals surface area (Å²) in [7, 11) is 0. The molecule has 0 spiro atoms. The maximum atomic E-state index is 3.58. The zero-order chi connectivity index (χ0) is 12.7. The minimum Gasteiger partial charge on any atom is -0.308 e. The number of allylic oxidation sites excluding steroid dienone is 1. The molecule has 0 unspecified atom stereocenters. The zero-order valence-electron chi connectivity index (χ0n) is 11.6. The van der Waals surface area contributed by atoms with Crippen LogP contribution in [-0.2, 0) is 6.42 Å². The Morgan fingerprint density at radius 1 is 1.18 bits per heavy atom. The van der Waals surface area contributed by atoms with Crippen LogP contribution in [0.15, 0.2) is 42.0 Å². The smallest absolute Gasteiger partial charge is 0.0142 e. The van der Waals surface area contributed by atoms with Crippen LogP contribution in [0.4, 0.5) is 0 Å².